The summed E-state index contributed by atoms with van der Waals surface area (Å²) in [7, 11) is 1.48. The molecule has 0 saturated carbocycles. The third-order valence-corrected chi connectivity index (χ3v) is 6.50. The first kappa shape index (κ1) is 26.2. The van der Waals surface area contributed by atoms with Crippen LogP contribution in [-0.4, -0.2) is 39.3 Å². The summed E-state index contributed by atoms with van der Waals surface area (Å²) in [6.45, 7) is 1.65. The van der Waals surface area contributed by atoms with Crippen LogP contribution in [0.1, 0.15) is 28.9 Å². The molecule has 2 amide bonds. The quantitative estimate of drug-likeness (QED) is 0.245. The molecule has 1 aliphatic heterocycles. The average molecular weight is 543 g/mol. The molecule has 0 bridgehead atoms. The van der Waals surface area contributed by atoms with E-state index in [1.54, 1.807) is 37.3 Å². The Hall–Kier alpha value is -5.39. The molecule has 2 unspecified atom stereocenters. The van der Waals surface area contributed by atoms with Crippen LogP contribution in [0.2, 0.25) is 0 Å². The summed E-state index contributed by atoms with van der Waals surface area (Å²) < 4.78 is 20.1. The van der Waals surface area contributed by atoms with E-state index in [0.717, 1.165) is 0 Å². The predicted molar refractivity (Wildman–Crippen MR) is 146 cm³/mol. The number of non-ortho nitro benzene ring substituents is 1. The molecule has 12 heteroatoms. The van der Waals surface area contributed by atoms with Gasteiger partial charge in [0.2, 0.25) is 5.91 Å². The summed E-state index contributed by atoms with van der Waals surface area (Å²) in [4.78, 5) is 42.5. The number of nitro groups is 1. The van der Waals surface area contributed by atoms with Gasteiger partial charge >= 0.3 is 0 Å². The van der Waals surface area contributed by atoms with Crippen LogP contribution in [0.5, 0.6) is 5.75 Å². The standard InChI is InChI=1S/C28H23FN6O5/c1-16-24(28(37)33-22-8-3-4-9-23(22)40-2)25(17-6-5-7-20(14-17)35(38)39)34-26(31-16)21(15-30-34)27(36)32-19-12-10-18(29)11-13-19/h3-15,24-25H,1-2H3,(H,32,36)(H,33,37). The maximum Gasteiger partial charge on any atom is 0.269 e. The number of halogens is 1. The van der Waals surface area contributed by atoms with Gasteiger partial charge in [0.15, 0.2) is 5.82 Å². The maximum atomic E-state index is 13.7. The number of amides is 2. The van der Waals surface area contributed by atoms with Crippen molar-refractivity contribution in [1.82, 2.24) is 9.78 Å². The number of carbonyl (C=O) groups excluding carboxylic acids is 2. The second-order valence-corrected chi connectivity index (χ2v) is 9.00. The van der Waals surface area contributed by atoms with Gasteiger partial charge in [-0.3, -0.25) is 19.7 Å². The fraction of sp³-hybridized carbons (Fsp3) is 0.143. The molecule has 0 aliphatic carbocycles. The molecule has 2 heterocycles. The first-order valence-corrected chi connectivity index (χ1v) is 12.1. The van der Waals surface area contributed by atoms with E-state index in [1.807, 2.05) is 0 Å². The molecule has 0 radical (unpaired) electrons. The summed E-state index contributed by atoms with van der Waals surface area (Å²) in [6.07, 6.45) is 1.32. The summed E-state index contributed by atoms with van der Waals surface area (Å²) >= 11 is 0. The summed E-state index contributed by atoms with van der Waals surface area (Å²) in [6, 6.07) is 17.2. The number of anilines is 2. The molecule has 2 N–H and O–H groups in total. The van der Waals surface area contributed by atoms with Crippen LogP contribution in [0.25, 0.3) is 0 Å². The van der Waals surface area contributed by atoms with E-state index < -0.39 is 34.5 Å². The topological polar surface area (TPSA) is 141 Å². The van der Waals surface area contributed by atoms with Crippen LogP contribution >= 0.6 is 0 Å². The number of aromatic nitrogens is 2. The van der Waals surface area contributed by atoms with Crippen LogP contribution < -0.4 is 15.4 Å². The highest BCUT2D eigenvalue weighted by molar-refractivity contribution is 6.13. The lowest BCUT2D eigenvalue weighted by Crippen LogP contribution is -2.39. The van der Waals surface area contributed by atoms with Crippen molar-refractivity contribution < 1.29 is 23.6 Å². The van der Waals surface area contributed by atoms with Gasteiger partial charge < -0.3 is 15.4 Å². The van der Waals surface area contributed by atoms with E-state index in [1.165, 1.54) is 60.5 Å². The Balaban J connectivity index is 1.57. The minimum atomic E-state index is -0.938. The fourth-order valence-electron chi connectivity index (χ4n) is 4.62. The van der Waals surface area contributed by atoms with Crippen molar-refractivity contribution in [2.24, 2.45) is 10.9 Å². The number of nitrogens with zero attached hydrogens (tertiary/aromatic N) is 4. The third-order valence-electron chi connectivity index (χ3n) is 6.50. The van der Waals surface area contributed by atoms with E-state index in [4.69, 9.17) is 4.74 Å². The Morgan fingerprint density at radius 3 is 2.52 bits per heavy atom. The zero-order valence-corrected chi connectivity index (χ0v) is 21.4. The van der Waals surface area contributed by atoms with Crippen molar-refractivity contribution in [3.05, 3.63) is 106 Å². The van der Waals surface area contributed by atoms with Crippen molar-refractivity contribution >= 4 is 40.4 Å². The summed E-state index contributed by atoms with van der Waals surface area (Å²) in [5, 5.41) is 21.5. The minimum Gasteiger partial charge on any atom is -0.495 e. The molecule has 4 aromatic rings. The number of hydrogen-bond donors (Lipinski definition) is 2. The van der Waals surface area contributed by atoms with Crippen LogP contribution in [0.4, 0.5) is 27.3 Å². The monoisotopic (exact) mass is 542 g/mol. The largest absolute Gasteiger partial charge is 0.495 e. The molecule has 202 valence electrons. The highest BCUT2D eigenvalue weighted by Crippen LogP contribution is 2.40. The number of benzene rings is 3. The highest BCUT2D eigenvalue weighted by Gasteiger charge is 2.40. The minimum absolute atomic E-state index is 0.114. The molecule has 0 spiro atoms. The van der Waals surface area contributed by atoms with Gasteiger partial charge in [-0.15, -0.1) is 0 Å². The molecule has 0 saturated heterocycles. The Kier molecular flexibility index (Phi) is 7.06. The van der Waals surface area contributed by atoms with Crippen molar-refractivity contribution in [1.29, 1.82) is 0 Å². The number of ether oxygens (including phenoxy) is 1. The van der Waals surface area contributed by atoms with Crippen molar-refractivity contribution in [3.63, 3.8) is 0 Å². The number of carbonyl (C=O) groups is 2. The predicted octanol–water partition coefficient (Wildman–Crippen LogP) is 5.14. The second kappa shape index (κ2) is 10.8. The summed E-state index contributed by atoms with van der Waals surface area (Å²) in [5.74, 6) is -1.74. The highest BCUT2D eigenvalue weighted by atomic mass is 19.1. The Morgan fingerprint density at radius 2 is 1.80 bits per heavy atom. The van der Waals surface area contributed by atoms with Gasteiger partial charge in [-0.25, -0.2) is 14.1 Å². The van der Waals surface area contributed by atoms with E-state index in [-0.39, 0.29) is 17.1 Å². The molecule has 2 atom stereocenters. The number of hydrogen-bond acceptors (Lipinski definition) is 7. The van der Waals surface area contributed by atoms with E-state index >= 15 is 0 Å². The molecule has 0 fully saturated rings. The van der Waals surface area contributed by atoms with E-state index in [9.17, 15) is 24.1 Å². The number of para-hydroxylation sites is 2. The van der Waals surface area contributed by atoms with Gasteiger partial charge in [-0.2, -0.15) is 5.10 Å². The van der Waals surface area contributed by atoms with Gasteiger partial charge in [0.25, 0.3) is 11.6 Å². The maximum absolute atomic E-state index is 13.7. The van der Waals surface area contributed by atoms with Crippen molar-refractivity contribution in [2.75, 3.05) is 17.7 Å². The lowest BCUT2D eigenvalue weighted by atomic mass is 9.87. The van der Waals surface area contributed by atoms with Gasteiger partial charge in [0, 0.05) is 23.5 Å². The van der Waals surface area contributed by atoms with Crippen molar-refractivity contribution in [2.45, 2.75) is 13.0 Å². The zero-order chi connectivity index (χ0) is 28.4. The van der Waals surface area contributed by atoms with Crippen molar-refractivity contribution in [3.8, 4) is 5.75 Å². The first-order chi connectivity index (χ1) is 19.3. The van der Waals surface area contributed by atoms with Gasteiger partial charge in [0.05, 0.1) is 30.0 Å². The third kappa shape index (κ3) is 5.01. The number of nitrogens with one attached hydrogen (secondary N) is 2. The molecule has 3 aromatic carbocycles. The number of rotatable bonds is 7. The molecular formula is C28H23FN6O5. The van der Waals surface area contributed by atoms with E-state index in [0.29, 0.717) is 28.4 Å². The molecule has 1 aliphatic rings. The van der Waals surface area contributed by atoms with Crippen LogP contribution in [0.15, 0.2) is 84.0 Å². The fourth-order valence-corrected chi connectivity index (χ4v) is 4.62. The molecule has 5 rings (SSSR count). The average Bonchev–Trinajstić information content (AvgIpc) is 3.37. The normalized spacial score (nSPS) is 15.9. The van der Waals surface area contributed by atoms with Gasteiger partial charge in [0.1, 0.15) is 23.0 Å². The number of fused-ring (bicyclic) bond motifs is 1. The SMILES string of the molecule is COc1ccccc1NC(=O)C1C(C)=Nc2c(C(=O)Nc3ccc(F)cc3)cnn2C1c1cccc([N+](=O)[O-])c1. The molecule has 1 aromatic heterocycles. The molecule has 11 nitrogen and oxygen atoms in total. The van der Waals surface area contributed by atoms with Crippen LogP contribution in [0.3, 0.4) is 0 Å². The lowest BCUT2D eigenvalue weighted by molar-refractivity contribution is -0.384. The smallest absolute Gasteiger partial charge is 0.269 e. The second-order valence-electron chi connectivity index (χ2n) is 9.00. The van der Waals surface area contributed by atoms with Gasteiger partial charge in [-0.1, -0.05) is 24.3 Å². The Labute approximate surface area is 227 Å². The first-order valence-electron chi connectivity index (χ1n) is 12.1. The molecule has 40 heavy (non-hydrogen) atoms. The number of methoxy groups -OCH3 is 1. The molecular weight excluding hydrogens is 519 g/mol. The van der Waals surface area contributed by atoms with Crippen LogP contribution in [0, 0.1) is 21.8 Å². The van der Waals surface area contributed by atoms with Crippen LogP contribution in [-0.2, 0) is 4.79 Å². The Morgan fingerprint density at radius 1 is 1.05 bits per heavy atom. The number of nitro benzene ring substituents is 1. The Bertz CT molecular complexity index is 1650. The summed E-state index contributed by atoms with van der Waals surface area (Å²) in [5.41, 5.74) is 1.55. The number of aliphatic imine (C=N–C) groups is 1. The van der Waals surface area contributed by atoms with E-state index in [2.05, 4.69) is 20.7 Å². The van der Waals surface area contributed by atoms with Gasteiger partial charge in [-0.05, 0) is 48.9 Å². The zero-order valence-electron chi connectivity index (χ0n) is 21.4. The lowest BCUT2D eigenvalue weighted by Gasteiger charge is -2.31.